The zero-order chi connectivity index (χ0) is 27.7. The quantitative estimate of drug-likeness (QED) is 0.242. The molecule has 0 saturated heterocycles. The van der Waals surface area contributed by atoms with E-state index in [4.69, 9.17) is 9.26 Å². The minimum atomic E-state index is -0.872. The number of cyclic esters (lactones) is 1. The summed E-state index contributed by atoms with van der Waals surface area (Å²) in [6.07, 6.45) is 4.66. The number of aromatic nitrogens is 6. The van der Waals surface area contributed by atoms with Crippen molar-refractivity contribution in [3.63, 3.8) is 0 Å². The fourth-order valence-electron chi connectivity index (χ4n) is 4.35. The van der Waals surface area contributed by atoms with Crippen molar-refractivity contribution in [2.24, 2.45) is 0 Å². The fourth-order valence-corrected chi connectivity index (χ4v) is 4.35. The van der Waals surface area contributed by atoms with Gasteiger partial charge in [0.15, 0.2) is 0 Å². The molecule has 1 aliphatic rings. The summed E-state index contributed by atoms with van der Waals surface area (Å²) in [5.74, 6) is 0.743. The van der Waals surface area contributed by atoms with E-state index in [0.717, 1.165) is 5.56 Å². The van der Waals surface area contributed by atoms with Crippen molar-refractivity contribution in [2.45, 2.75) is 25.5 Å². The van der Waals surface area contributed by atoms with E-state index in [1.807, 2.05) is 36.4 Å². The van der Waals surface area contributed by atoms with E-state index in [0.29, 0.717) is 39.8 Å². The number of aliphatic hydroxyl groups excluding tert-OH is 1. The topological polar surface area (TPSA) is 161 Å². The Morgan fingerprint density at radius 3 is 2.55 bits per heavy atom. The third-order valence-electron chi connectivity index (χ3n) is 6.34. The zero-order valence-corrected chi connectivity index (χ0v) is 21.6. The van der Waals surface area contributed by atoms with Crippen molar-refractivity contribution in [2.75, 3.05) is 17.2 Å². The molecule has 0 fully saturated rings. The van der Waals surface area contributed by atoms with Crippen LogP contribution in [0.3, 0.4) is 0 Å². The molecular formula is C28H24N8O4. The van der Waals surface area contributed by atoms with Gasteiger partial charge in [0.25, 0.3) is 5.89 Å². The number of carbonyl (C=O) groups excluding carboxylic acids is 1. The van der Waals surface area contributed by atoms with Crippen LogP contribution in [0.25, 0.3) is 23.0 Å². The van der Waals surface area contributed by atoms with Gasteiger partial charge in [-0.1, -0.05) is 41.6 Å². The summed E-state index contributed by atoms with van der Waals surface area (Å²) < 4.78 is 11.0. The number of ether oxygens (including phenoxy) is 1. The van der Waals surface area contributed by atoms with Crippen LogP contribution in [0.5, 0.6) is 0 Å². The van der Waals surface area contributed by atoms with Crippen molar-refractivity contribution in [1.82, 2.24) is 30.1 Å². The van der Waals surface area contributed by atoms with Gasteiger partial charge in [0.05, 0.1) is 23.9 Å². The molecular weight excluding hydrogens is 512 g/mol. The normalized spacial score (nSPS) is 14.3. The molecule has 0 saturated carbocycles. The van der Waals surface area contributed by atoms with E-state index in [1.165, 1.54) is 6.20 Å². The number of nitrogens with one attached hydrogen (secondary N) is 2. The second-order valence-corrected chi connectivity index (χ2v) is 9.52. The van der Waals surface area contributed by atoms with Gasteiger partial charge >= 0.3 is 5.97 Å². The summed E-state index contributed by atoms with van der Waals surface area (Å²) in [5.41, 5.74) is 2.48. The number of carbonyl (C=O) groups is 1. The summed E-state index contributed by atoms with van der Waals surface area (Å²) in [7, 11) is 0. The van der Waals surface area contributed by atoms with Crippen molar-refractivity contribution < 1.29 is 19.2 Å². The lowest BCUT2D eigenvalue weighted by Gasteiger charge is -2.20. The Hall–Kier alpha value is -5.23. The zero-order valence-electron chi connectivity index (χ0n) is 21.6. The molecule has 0 amide bonds. The minimum absolute atomic E-state index is 0.172. The van der Waals surface area contributed by atoms with E-state index in [1.54, 1.807) is 44.4 Å². The Balaban J connectivity index is 1.36. The third kappa shape index (κ3) is 4.83. The molecule has 0 spiro atoms. The van der Waals surface area contributed by atoms with Crippen molar-refractivity contribution in [3.05, 3.63) is 90.0 Å². The Bertz CT molecular complexity index is 1670. The van der Waals surface area contributed by atoms with Gasteiger partial charge in [-0.15, -0.1) is 0 Å². The van der Waals surface area contributed by atoms with E-state index in [2.05, 4.69) is 40.7 Å². The first-order chi connectivity index (χ1) is 19.4. The van der Waals surface area contributed by atoms with E-state index >= 15 is 0 Å². The van der Waals surface area contributed by atoms with Crippen LogP contribution in [0.4, 0.5) is 17.5 Å². The van der Waals surface area contributed by atoms with Crippen LogP contribution >= 0.6 is 0 Å². The van der Waals surface area contributed by atoms with Crippen molar-refractivity contribution in [1.29, 1.82) is 0 Å². The Morgan fingerprint density at radius 2 is 1.77 bits per heavy atom. The summed E-state index contributed by atoms with van der Waals surface area (Å²) in [6.45, 7) is 3.37. The van der Waals surface area contributed by atoms with Crippen LogP contribution in [-0.4, -0.2) is 47.8 Å². The number of aliphatic hydroxyl groups is 1. The van der Waals surface area contributed by atoms with Crippen molar-refractivity contribution in [3.8, 4) is 23.0 Å². The molecule has 12 heteroatoms. The Kier molecular flexibility index (Phi) is 6.36. The lowest BCUT2D eigenvalue weighted by molar-refractivity contribution is 0.00834. The lowest BCUT2D eigenvalue weighted by atomic mass is 10.0. The van der Waals surface area contributed by atoms with Gasteiger partial charge in [0, 0.05) is 24.7 Å². The number of pyridine rings is 2. The molecule has 1 aliphatic heterocycles. The number of esters is 1. The third-order valence-corrected chi connectivity index (χ3v) is 6.34. The molecule has 40 heavy (non-hydrogen) atoms. The maximum absolute atomic E-state index is 12.1. The highest BCUT2D eigenvalue weighted by Gasteiger charge is 2.40. The van der Waals surface area contributed by atoms with Gasteiger partial charge in [-0.3, -0.25) is 4.98 Å². The fraction of sp³-hybridized carbons (Fsp3) is 0.179. The summed E-state index contributed by atoms with van der Waals surface area (Å²) in [5, 5.41) is 20.7. The molecule has 1 aromatic carbocycles. The first kappa shape index (κ1) is 25.1. The Labute approximate surface area is 228 Å². The number of nitrogens with zero attached hydrogens (tertiary/aromatic N) is 6. The number of hydrogen-bond donors (Lipinski definition) is 3. The van der Waals surface area contributed by atoms with Crippen molar-refractivity contribution >= 4 is 23.4 Å². The summed E-state index contributed by atoms with van der Waals surface area (Å²) in [6, 6.07) is 16.3. The van der Waals surface area contributed by atoms with Crippen LogP contribution < -0.4 is 10.6 Å². The van der Waals surface area contributed by atoms with Gasteiger partial charge < -0.3 is 25.0 Å². The van der Waals surface area contributed by atoms with Crippen LogP contribution in [-0.2, 0) is 10.3 Å². The Morgan fingerprint density at radius 1 is 0.975 bits per heavy atom. The largest absolute Gasteiger partial charge is 0.449 e. The first-order valence-electron chi connectivity index (χ1n) is 12.5. The van der Waals surface area contributed by atoms with Gasteiger partial charge in [0.2, 0.25) is 11.8 Å². The molecule has 200 valence electrons. The summed E-state index contributed by atoms with van der Waals surface area (Å²) >= 11 is 0. The number of benzene rings is 1. The molecule has 4 aromatic heterocycles. The molecule has 0 unspecified atom stereocenters. The van der Waals surface area contributed by atoms with Gasteiger partial charge in [-0.25, -0.2) is 19.7 Å². The predicted octanol–water partition coefficient (Wildman–Crippen LogP) is 4.28. The minimum Gasteiger partial charge on any atom is -0.449 e. The van der Waals surface area contributed by atoms with Gasteiger partial charge in [0.1, 0.15) is 28.4 Å². The lowest BCUT2D eigenvalue weighted by Crippen LogP contribution is -2.18. The predicted molar refractivity (Wildman–Crippen MR) is 144 cm³/mol. The van der Waals surface area contributed by atoms with Gasteiger partial charge in [-0.05, 0) is 31.5 Å². The molecule has 6 rings (SSSR count). The highest BCUT2D eigenvalue weighted by atomic mass is 16.6. The van der Waals surface area contributed by atoms with Crippen LogP contribution in [0.15, 0.2) is 77.7 Å². The average molecular weight is 537 g/mol. The molecule has 5 aromatic rings. The maximum atomic E-state index is 12.1. The van der Waals surface area contributed by atoms with Crippen LogP contribution in [0, 0.1) is 0 Å². The second kappa shape index (κ2) is 10.2. The number of hydrogen-bond acceptors (Lipinski definition) is 12. The number of rotatable bonds is 8. The van der Waals surface area contributed by atoms with Gasteiger partial charge in [-0.2, -0.15) is 4.98 Å². The summed E-state index contributed by atoms with van der Waals surface area (Å²) in [4.78, 5) is 34.2. The highest BCUT2D eigenvalue weighted by molar-refractivity contribution is 5.93. The first-order valence-corrected chi connectivity index (χ1v) is 12.5. The number of fused-ring (bicyclic) bond motifs is 1. The monoisotopic (exact) mass is 536 g/mol. The van der Waals surface area contributed by atoms with E-state index < -0.39 is 17.6 Å². The van der Waals surface area contributed by atoms with E-state index in [-0.39, 0.29) is 18.4 Å². The molecule has 3 N–H and O–H groups in total. The van der Waals surface area contributed by atoms with Crippen LogP contribution in [0.2, 0.25) is 0 Å². The standard InChI is InChI=1S/C28H24N8O4/c1-28(2)23-18(26(38)39-28)14-31-27(34-23)33-22-12-20(32-21(15-37)16-8-4-3-5-9-16)17(13-30-22)25-35-24(36-40-25)19-10-6-7-11-29-19/h3-14,21,37H,15H2,1-2H3,(H2,30,31,32,33,34)/t21-/m1/s1. The molecule has 1 atom stereocenters. The molecule has 12 nitrogen and oxygen atoms in total. The number of anilines is 3. The molecule has 0 aliphatic carbocycles. The molecule has 0 bridgehead atoms. The molecule has 5 heterocycles. The highest BCUT2D eigenvalue weighted by Crippen LogP contribution is 2.36. The van der Waals surface area contributed by atoms with E-state index in [9.17, 15) is 9.90 Å². The smallest absolute Gasteiger partial charge is 0.342 e. The molecule has 0 radical (unpaired) electrons. The average Bonchev–Trinajstić information content (AvgIpc) is 3.55. The SMILES string of the molecule is CC1(C)OC(=O)c2cnc(Nc3cc(N[C@H](CO)c4ccccc4)c(-c4nc(-c5ccccn5)no4)cn3)nc21. The maximum Gasteiger partial charge on any atom is 0.342 e. The second-order valence-electron chi connectivity index (χ2n) is 9.52. The van der Waals surface area contributed by atoms with Crippen LogP contribution in [0.1, 0.15) is 41.5 Å².